The summed E-state index contributed by atoms with van der Waals surface area (Å²) in [6, 6.07) is 6.44. The number of hydrogen-bond acceptors (Lipinski definition) is 2. The van der Waals surface area contributed by atoms with Crippen LogP contribution in [0.5, 0.6) is 0 Å². The van der Waals surface area contributed by atoms with Crippen LogP contribution in [0.3, 0.4) is 0 Å². The van der Waals surface area contributed by atoms with E-state index in [0.29, 0.717) is 12.0 Å². The van der Waals surface area contributed by atoms with Gasteiger partial charge in [0.05, 0.1) is 16.9 Å². The molecule has 3 rings (SSSR count). The van der Waals surface area contributed by atoms with E-state index in [9.17, 15) is 8.60 Å². The molecule has 2 bridgehead atoms. The van der Waals surface area contributed by atoms with E-state index in [1.54, 1.807) is 6.07 Å². The predicted octanol–water partition coefficient (Wildman–Crippen LogP) is 3.24. The van der Waals surface area contributed by atoms with Crippen LogP contribution in [-0.2, 0) is 17.2 Å². The monoisotopic (exact) mass is 289 g/mol. The van der Waals surface area contributed by atoms with Crippen molar-refractivity contribution >= 4 is 10.8 Å². The molecule has 0 spiro atoms. The summed E-state index contributed by atoms with van der Waals surface area (Å²) >= 11 is 0. The highest BCUT2D eigenvalue weighted by atomic mass is 32.2. The van der Waals surface area contributed by atoms with E-state index < -0.39 is 10.8 Å². The normalized spacial score (nSPS) is 28.6. The van der Waals surface area contributed by atoms with E-state index in [0.717, 1.165) is 31.2 Å². The van der Waals surface area contributed by atoms with Gasteiger partial charge in [-0.05, 0) is 43.4 Å². The largest absolute Gasteiger partial charge is 0.259 e. The number of rotatable bonds is 2. The molecule has 1 aromatic rings. The number of benzene rings is 1. The van der Waals surface area contributed by atoms with E-state index in [-0.39, 0.29) is 16.3 Å². The topological polar surface area (TPSA) is 40.9 Å². The summed E-state index contributed by atoms with van der Waals surface area (Å²) in [6.07, 6.45) is 6.86. The molecule has 0 aromatic heterocycles. The van der Waals surface area contributed by atoms with Crippen LogP contribution in [0, 0.1) is 17.1 Å². The van der Waals surface area contributed by atoms with Crippen LogP contribution in [0.4, 0.5) is 4.39 Å². The van der Waals surface area contributed by atoms with E-state index in [1.807, 2.05) is 0 Å². The number of nitriles is 1. The van der Waals surface area contributed by atoms with Gasteiger partial charge in [-0.3, -0.25) is 4.21 Å². The molecule has 2 aliphatic rings. The van der Waals surface area contributed by atoms with Crippen LogP contribution in [0.15, 0.2) is 29.8 Å². The molecule has 0 saturated carbocycles. The molecule has 104 valence electrons. The summed E-state index contributed by atoms with van der Waals surface area (Å²) in [5.74, 6) is -0.374. The Balaban J connectivity index is 1.86. The van der Waals surface area contributed by atoms with Crippen molar-refractivity contribution in [3.05, 3.63) is 46.8 Å². The second kappa shape index (κ2) is 5.49. The van der Waals surface area contributed by atoms with Crippen LogP contribution >= 0.6 is 0 Å². The third kappa shape index (κ3) is 2.55. The smallest absolute Gasteiger partial charge is 0.124 e. The SMILES string of the molecule is N#Cc1cc(F)ccc1CC1=CC2CCCC(C1)S2=O. The lowest BCUT2D eigenvalue weighted by Crippen LogP contribution is -2.34. The maximum atomic E-state index is 13.1. The fraction of sp³-hybridized carbons (Fsp3) is 0.438. The number of fused-ring (bicyclic) bond motifs is 2. The first-order valence-electron chi connectivity index (χ1n) is 6.95. The van der Waals surface area contributed by atoms with Crippen LogP contribution in [0.2, 0.25) is 0 Å². The summed E-state index contributed by atoms with van der Waals surface area (Å²) in [4.78, 5) is 0. The van der Waals surface area contributed by atoms with Gasteiger partial charge in [0.2, 0.25) is 0 Å². The molecule has 3 unspecified atom stereocenters. The van der Waals surface area contributed by atoms with Crippen molar-refractivity contribution in [2.24, 2.45) is 0 Å². The van der Waals surface area contributed by atoms with Crippen molar-refractivity contribution in [1.29, 1.82) is 5.26 Å². The zero-order chi connectivity index (χ0) is 14.1. The van der Waals surface area contributed by atoms with Crippen LogP contribution in [0.1, 0.15) is 36.8 Å². The Morgan fingerprint density at radius 2 is 2.25 bits per heavy atom. The van der Waals surface area contributed by atoms with Gasteiger partial charge in [-0.15, -0.1) is 0 Å². The maximum Gasteiger partial charge on any atom is 0.124 e. The minimum atomic E-state index is -0.727. The lowest BCUT2D eigenvalue weighted by Gasteiger charge is -2.32. The zero-order valence-electron chi connectivity index (χ0n) is 11.1. The summed E-state index contributed by atoms with van der Waals surface area (Å²) in [5.41, 5.74) is 2.52. The molecule has 20 heavy (non-hydrogen) atoms. The Morgan fingerprint density at radius 1 is 1.40 bits per heavy atom. The van der Waals surface area contributed by atoms with Gasteiger partial charge in [0, 0.05) is 16.0 Å². The minimum Gasteiger partial charge on any atom is -0.259 e. The standard InChI is InChI=1S/C16H16FNOS/c17-14-5-4-12(13(9-14)10-18)6-11-7-15-2-1-3-16(8-11)20(15)19/h4-5,7,9,15-16H,1-3,6,8H2. The summed E-state index contributed by atoms with van der Waals surface area (Å²) in [5, 5.41) is 9.55. The average molecular weight is 289 g/mol. The number of allylic oxidation sites excluding steroid dienone is 1. The maximum absolute atomic E-state index is 13.1. The first-order chi connectivity index (χ1) is 9.67. The van der Waals surface area contributed by atoms with Crippen molar-refractivity contribution < 1.29 is 8.60 Å². The van der Waals surface area contributed by atoms with Crippen molar-refractivity contribution in [3.8, 4) is 6.07 Å². The lowest BCUT2D eigenvalue weighted by atomic mass is 9.92. The van der Waals surface area contributed by atoms with Gasteiger partial charge in [-0.25, -0.2) is 4.39 Å². The van der Waals surface area contributed by atoms with E-state index in [4.69, 9.17) is 5.26 Å². The highest BCUT2D eigenvalue weighted by Gasteiger charge is 2.33. The molecule has 0 radical (unpaired) electrons. The molecule has 2 aliphatic heterocycles. The molecular formula is C16H16FNOS. The van der Waals surface area contributed by atoms with Gasteiger partial charge in [-0.1, -0.05) is 24.1 Å². The van der Waals surface area contributed by atoms with Gasteiger partial charge < -0.3 is 0 Å². The van der Waals surface area contributed by atoms with Gasteiger partial charge >= 0.3 is 0 Å². The Bertz CT molecular complexity index is 632. The molecular weight excluding hydrogens is 273 g/mol. The lowest BCUT2D eigenvalue weighted by molar-refractivity contribution is 0.563. The van der Waals surface area contributed by atoms with E-state index in [2.05, 4.69) is 12.1 Å². The van der Waals surface area contributed by atoms with Crippen LogP contribution in [0.25, 0.3) is 0 Å². The second-order valence-electron chi connectivity index (χ2n) is 5.54. The van der Waals surface area contributed by atoms with Crippen LogP contribution < -0.4 is 0 Å². The van der Waals surface area contributed by atoms with Gasteiger partial charge in [0.25, 0.3) is 0 Å². The molecule has 1 aromatic carbocycles. The average Bonchev–Trinajstić information content (AvgIpc) is 2.42. The highest BCUT2D eigenvalue weighted by Crippen LogP contribution is 2.34. The summed E-state index contributed by atoms with van der Waals surface area (Å²) in [7, 11) is -0.727. The van der Waals surface area contributed by atoms with E-state index in [1.165, 1.54) is 17.7 Å². The van der Waals surface area contributed by atoms with Gasteiger partial charge in [0.15, 0.2) is 0 Å². The molecule has 3 atom stereocenters. The molecule has 0 aliphatic carbocycles. The first-order valence-corrected chi connectivity index (χ1v) is 8.22. The minimum absolute atomic E-state index is 0.184. The van der Waals surface area contributed by atoms with Crippen molar-refractivity contribution in [1.82, 2.24) is 0 Å². The number of nitrogens with zero attached hydrogens (tertiary/aromatic N) is 1. The number of halogens is 1. The summed E-state index contributed by atoms with van der Waals surface area (Å²) < 4.78 is 25.3. The molecule has 2 heterocycles. The predicted molar refractivity (Wildman–Crippen MR) is 77.1 cm³/mol. The summed E-state index contributed by atoms with van der Waals surface area (Å²) in [6.45, 7) is 0. The molecule has 4 heteroatoms. The molecule has 0 amide bonds. The quantitative estimate of drug-likeness (QED) is 0.784. The van der Waals surface area contributed by atoms with Crippen molar-refractivity contribution in [2.75, 3.05) is 0 Å². The molecule has 1 fully saturated rings. The van der Waals surface area contributed by atoms with Crippen molar-refractivity contribution in [3.63, 3.8) is 0 Å². The van der Waals surface area contributed by atoms with Gasteiger partial charge in [0.1, 0.15) is 5.82 Å². The Morgan fingerprint density at radius 3 is 3.00 bits per heavy atom. The fourth-order valence-corrected chi connectivity index (χ4v) is 5.16. The Kier molecular flexibility index (Phi) is 3.71. The van der Waals surface area contributed by atoms with Crippen molar-refractivity contribution in [2.45, 2.75) is 42.6 Å². The molecule has 2 nitrogen and oxygen atoms in total. The van der Waals surface area contributed by atoms with E-state index >= 15 is 0 Å². The Hall–Kier alpha value is -1.47. The second-order valence-corrected chi connectivity index (χ2v) is 7.47. The van der Waals surface area contributed by atoms with Crippen LogP contribution in [-0.4, -0.2) is 14.7 Å². The highest BCUT2D eigenvalue weighted by molar-refractivity contribution is 7.86. The number of hydrogen-bond donors (Lipinski definition) is 0. The zero-order valence-corrected chi connectivity index (χ0v) is 12.0. The third-order valence-corrected chi connectivity index (χ3v) is 6.19. The third-order valence-electron chi connectivity index (χ3n) is 4.16. The van der Waals surface area contributed by atoms with Gasteiger partial charge in [-0.2, -0.15) is 5.26 Å². The molecule has 1 saturated heterocycles. The first kappa shape index (κ1) is 13.5. The Labute approximate surface area is 120 Å². The fourth-order valence-electron chi connectivity index (χ4n) is 3.17. The molecule has 0 N–H and O–H groups in total.